The predicted octanol–water partition coefficient (Wildman–Crippen LogP) is 2.64. The van der Waals surface area contributed by atoms with Gasteiger partial charge in [-0.3, -0.25) is 0 Å². The summed E-state index contributed by atoms with van der Waals surface area (Å²) in [6.07, 6.45) is 7.58. The standard InChI is InChI=1S/C15H20O2/c1-17-14-9-12-5-3-2-4-11(12)8-13(14)10-15(16)6-7-15/h8-9,16H,2-7,10H2,1H3. The van der Waals surface area contributed by atoms with Crippen molar-refractivity contribution in [2.75, 3.05) is 7.11 Å². The first kappa shape index (κ1) is 11.1. The Bertz CT molecular complexity index is 433. The highest BCUT2D eigenvalue weighted by Crippen LogP contribution is 2.41. The Balaban J connectivity index is 1.94. The van der Waals surface area contributed by atoms with E-state index in [0.717, 1.165) is 25.0 Å². The molecule has 0 heterocycles. The predicted molar refractivity (Wildman–Crippen MR) is 67.5 cm³/mol. The summed E-state index contributed by atoms with van der Waals surface area (Å²) in [5, 5.41) is 10.1. The summed E-state index contributed by atoms with van der Waals surface area (Å²) in [7, 11) is 1.73. The normalized spacial score (nSPS) is 20.8. The first-order chi connectivity index (χ1) is 8.20. The van der Waals surface area contributed by atoms with E-state index >= 15 is 0 Å². The van der Waals surface area contributed by atoms with Crippen molar-refractivity contribution in [3.8, 4) is 5.75 Å². The Labute approximate surface area is 103 Å². The highest BCUT2D eigenvalue weighted by molar-refractivity contribution is 5.45. The van der Waals surface area contributed by atoms with Crippen molar-refractivity contribution in [1.29, 1.82) is 0 Å². The molecule has 1 aromatic rings. The summed E-state index contributed by atoms with van der Waals surface area (Å²) in [4.78, 5) is 0. The van der Waals surface area contributed by atoms with Crippen LogP contribution in [0, 0.1) is 0 Å². The van der Waals surface area contributed by atoms with E-state index in [9.17, 15) is 5.11 Å². The molecule has 1 saturated carbocycles. The smallest absolute Gasteiger partial charge is 0.122 e. The van der Waals surface area contributed by atoms with Gasteiger partial charge >= 0.3 is 0 Å². The fourth-order valence-electron chi connectivity index (χ4n) is 2.82. The minimum atomic E-state index is -0.434. The molecule has 2 nitrogen and oxygen atoms in total. The van der Waals surface area contributed by atoms with Crippen molar-refractivity contribution in [2.24, 2.45) is 0 Å². The molecular weight excluding hydrogens is 212 g/mol. The molecule has 0 spiro atoms. The summed E-state index contributed by atoms with van der Waals surface area (Å²) in [5.41, 5.74) is 3.67. The van der Waals surface area contributed by atoms with E-state index < -0.39 is 5.60 Å². The van der Waals surface area contributed by atoms with Crippen LogP contribution in [0.3, 0.4) is 0 Å². The third-order valence-electron chi connectivity index (χ3n) is 4.09. The molecule has 0 amide bonds. The van der Waals surface area contributed by atoms with Gasteiger partial charge in [0.05, 0.1) is 12.7 Å². The molecule has 0 saturated heterocycles. The molecular formula is C15H20O2. The largest absolute Gasteiger partial charge is 0.496 e. The van der Waals surface area contributed by atoms with Gasteiger partial charge in [-0.2, -0.15) is 0 Å². The Morgan fingerprint density at radius 3 is 2.41 bits per heavy atom. The Morgan fingerprint density at radius 1 is 1.18 bits per heavy atom. The molecule has 2 aliphatic rings. The van der Waals surface area contributed by atoms with Crippen LogP contribution < -0.4 is 4.74 Å². The summed E-state index contributed by atoms with van der Waals surface area (Å²) in [5.74, 6) is 0.964. The molecule has 0 unspecified atom stereocenters. The van der Waals surface area contributed by atoms with Crippen LogP contribution in [-0.4, -0.2) is 17.8 Å². The monoisotopic (exact) mass is 232 g/mol. The quantitative estimate of drug-likeness (QED) is 0.868. The van der Waals surface area contributed by atoms with E-state index in [2.05, 4.69) is 12.1 Å². The summed E-state index contributed by atoms with van der Waals surface area (Å²) < 4.78 is 5.47. The molecule has 92 valence electrons. The van der Waals surface area contributed by atoms with Crippen LogP contribution in [-0.2, 0) is 19.3 Å². The topological polar surface area (TPSA) is 29.5 Å². The number of hydrogen-bond donors (Lipinski definition) is 1. The fourth-order valence-corrected chi connectivity index (χ4v) is 2.82. The third-order valence-corrected chi connectivity index (χ3v) is 4.09. The van der Waals surface area contributed by atoms with E-state index in [-0.39, 0.29) is 0 Å². The molecule has 0 aromatic heterocycles. The van der Waals surface area contributed by atoms with Crippen molar-refractivity contribution >= 4 is 0 Å². The number of aryl methyl sites for hydroxylation is 2. The van der Waals surface area contributed by atoms with Gasteiger partial charge in [0, 0.05) is 6.42 Å². The molecule has 0 bridgehead atoms. The van der Waals surface area contributed by atoms with Gasteiger partial charge in [-0.1, -0.05) is 6.07 Å². The highest BCUT2D eigenvalue weighted by atomic mass is 16.5. The average molecular weight is 232 g/mol. The van der Waals surface area contributed by atoms with Crippen LogP contribution >= 0.6 is 0 Å². The summed E-state index contributed by atoms with van der Waals surface area (Å²) in [6, 6.07) is 4.46. The van der Waals surface area contributed by atoms with E-state index in [1.165, 1.54) is 42.4 Å². The van der Waals surface area contributed by atoms with E-state index in [0.29, 0.717) is 0 Å². The maximum absolute atomic E-state index is 10.1. The summed E-state index contributed by atoms with van der Waals surface area (Å²) >= 11 is 0. The second-order valence-electron chi connectivity index (χ2n) is 5.54. The lowest BCUT2D eigenvalue weighted by Crippen LogP contribution is -2.13. The maximum Gasteiger partial charge on any atom is 0.122 e. The van der Waals surface area contributed by atoms with E-state index in [1.54, 1.807) is 7.11 Å². The number of rotatable bonds is 3. The zero-order valence-corrected chi connectivity index (χ0v) is 10.5. The average Bonchev–Trinajstić information content (AvgIpc) is 3.06. The molecule has 0 atom stereocenters. The molecule has 1 aromatic carbocycles. The number of aliphatic hydroxyl groups is 1. The number of ether oxygens (including phenoxy) is 1. The zero-order valence-electron chi connectivity index (χ0n) is 10.5. The van der Waals surface area contributed by atoms with Gasteiger partial charge in [0.25, 0.3) is 0 Å². The Hall–Kier alpha value is -1.02. The van der Waals surface area contributed by atoms with Crippen molar-refractivity contribution in [2.45, 2.75) is 50.5 Å². The molecule has 17 heavy (non-hydrogen) atoms. The van der Waals surface area contributed by atoms with Crippen LogP contribution in [0.15, 0.2) is 12.1 Å². The van der Waals surface area contributed by atoms with Crippen LogP contribution in [0.25, 0.3) is 0 Å². The maximum atomic E-state index is 10.1. The second kappa shape index (κ2) is 4.02. The number of fused-ring (bicyclic) bond motifs is 1. The van der Waals surface area contributed by atoms with Crippen molar-refractivity contribution in [3.63, 3.8) is 0 Å². The van der Waals surface area contributed by atoms with E-state index in [4.69, 9.17) is 4.74 Å². The van der Waals surface area contributed by atoms with Crippen molar-refractivity contribution in [1.82, 2.24) is 0 Å². The molecule has 1 N–H and O–H groups in total. The van der Waals surface area contributed by atoms with E-state index in [1.807, 2.05) is 0 Å². The molecule has 1 fully saturated rings. The fraction of sp³-hybridized carbons (Fsp3) is 0.600. The minimum absolute atomic E-state index is 0.434. The number of methoxy groups -OCH3 is 1. The molecule has 2 aliphatic carbocycles. The lowest BCUT2D eigenvalue weighted by molar-refractivity contribution is 0.150. The van der Waals surface area contributed by atoms with Crippen LogP contribution in [0.2, 0.25) is 0 Å². The first-order valence-electron chi connectivity index (χ1n) is 6.61. The lowest BCUT2D eigenvalue weighted by atomic mass is 9.88. The summed E-state index contributed by atoms with van der Waals surface area (Å²) in [6.45, 7) is 0. The van der Waals surface area contributed by atoms with Crippen LogP contribution in [0.4, 0.5) is 0 Å². The zero-order chi connectivity index (χ0) is 11.9. The molecule has 0 aliphatic heterocycles. The van der Waals surface area contributed by atoms with Gasteiger partial charge in [-0.15, -0.1) is 0 Å². The SMILES string of the molecule is COc1cc2c(cc1CC1(O)CC1)CCCC2. The Morgan fingerprint density at radius 2 is 1.82 bits per heavy atom. The second-order valence-corrected chi connectivity index (χ2v) is 5.54. The lowest BCUT2D eigenvalue weighted by Gasteiger charge is -2.20. The third kappa shape index (κ3) is 2.19. The van der Waals surface area contributed by atoms with Crippen LogP contribution in [0.1, 0.15) is 42.4 Å². The van der Waals surface area contributed by atoms with Gasteiger partial charge in [0.15, 0.2) is 0 Å². The van der Waals surface area contributed by atoms with Crippen molar-refractivity contribution in [3.05, 3.63) is 28.8 Å². The van der Waals surface area contributed by atoms with Gasteiger partial charge in [0.1, 0.15) is 5.75 Å². The van der Waals surface area contributed by atoms with Gasteiger partial charge < -0.3 is 9.84 Å². The van der Waals surface area contributed by atoms with Gasteiger partial charge in [-0.05, 0) is 61.3 Å². The number of hydrogen-bond acceptors (Lipinski definition) is 2. The van der Waals surface area contributed by atoms with Gasteiger partial charge in [-0.25, -0.2) is 0 Å². The minimum Gasteiger partial charge on any atom is -0.496 e. The first-order valence-corrected chi connectivity index (χ1v) is 6.61. The van der Waals surface area contributed by atoms with Crippen LogP contribution in [0.5, 0.6) is 5.75 Å². The molecule has 3 rings (SSSR count). The number of benzene rings is 1. The molecule has 2 heteroatoms. The molecule has 0 radical (unpaired) electrons. The Kier molecular flexibility index (Phi) is 2.62. The van der Waals surface area contributed by atoms with Gasteiger partial charge in [0.2, 0.25) is 0 Å². The highest BCUT2D eigenvalue weighted by Gasteiger charge is 2.40. The van der Waals surface area contributed by atoms with Crippen molar-refractivity contribution < 1.29 is 9.84 Å².